The first-order chi connectivity index (χ1) is 12.1. The molecule has 1 atom stereocenters. The van der Waals surface area contributed by atoms with Crippen LogP contribution in [0.15, 0.2) is 10.6 Å². The van der Waals surface area contributed by atoms with Gasteiger partial charge >= 0.3 is 0 Å². The van der Waals surface area contributed by atoms with E-state index in [2.05, 4.69) is 10.3 Å². The zero-order valence-corrected chi connectivity index (χ0v) is 14.4. The van der Waals surface area contributed by atoms with Crippen LogP contribution in [0.2, 0.25) is 0 Å². The largest absolute Gasteiger partial charge is 0.386 e. The Morgan fingerprint density at radius 1 is 1.48 bits per heavy atom. The fourth-order valence-corrected chi connectivity index (χ4v) is 3.28. The van der Waals surface area contributed by atoms with Crippen LogP contribution in [-0.4, -0.2) is 44.5 Å². The number of aliphatic hydroxyl groups excluding tert-OH is 1. The zero-order valence-electron chi connectivity index (χ0n) is 14.4. The maximum absolute atomic E-state index is 12.8. The van der Waals surface area contributed by atoms with Crippen molar-refractivity contribution in [3.63, 3.8) is 0 Å². The smallest absolute Gasteiger partial charge is 0.276 e. The number of rotatable bonds is 5. The van der Waals surface area contributed by atoms with Crippen molar-refractivity contribution in [2.24, 2.45) is 5.92 Å². The van der Waals surface area contributed by atoms with Gasteiger partial charge in [0, 0.05) is 13.7 Å². The summed E-state index contributed by atoms with van der Waals surface area (Å²) in [5.74, 6) is 0.770. The van der Waals surface area contributed by atoms with Crippen molar-refractivity contribution >= 4 is 5.91 Å². The number of aromatic nitrogens is 3. The molecule has 0 unspecified atom stereocenters. The number of carbonyl (C=O) groups is 1. The number of aryl methyl sites for hydroxylation is 1. The summed E-state index contributed by atoms with van der Waals surface area (Å²) in [7, 11) is 1.58. The van der Waals surface area contributed by atoms with Crippen molar-refractivity contribution in [1.82, 2.24) is 19.8 Å². The molecular formula is C17H22N4O4. The van der Waals surface area contributed by atoms with E-state index in [1.807, 2.05) is 10.7 Å². The number of carbonyl (C=O) groups excluding carboxylic acids is 1. The summed E-state index contributed by atoms with van der Waals surface area (Å²) in [6, 6.07) is 1.91. The Hall–Kier alpha value is -2.19. The Kier molecular flexibility index (Phi) is 4.09. The molecule has 1 fully saturated rings. The third kappa shape index (κ3) is 2.96. The Labute approximate surface area is 145 Å². The van der Waals surface area contributed by atoms with E-state index in [4.69, 9.17) is 9.26 Å². The molecule has 1 saturated carbocycles. The maximum atomic E-state index is 12.8. The third-order valence-electron chi connectivity index (χ3n) is 4.95. The third-order valence-corrected chi connectivity index (χ3v) is 4.95. The van der Waals surface area contributed by atoms with E-state index < -0.39 is 6.10 Å². The first-order valence-electron chi connectivity index (χ1n) is 8.56. The number of fused-ring (bicyclic) bond motifs is 1. The van der Waals surface area contributed by atoms with E-state index in [1.54, 1.807) is 18.9 Å². The van der Waals surface area contributed by atoms with Crippen LogP contribution >= 0.6 is 0 Å². The van der Waals surface area contributed by atoms with Crippen molar-refractivity contribution < 1.29 is 19.2 Å². The molecule has 2 aromatic rings. The van der Waals surface area contributed by atoms with Gasteiger partial charge in [-0.15, -0.1) is 0 Å². The van der Waals surface area contributed by atoms with Gasteiger partial charge in [-0.05, 0) is 31.7 Å². The molecule has 0 saturated heterocycles. The summed E-state index contributed by atoms with van der Waals surface area (Å²) in [4.78, 5) is 14.6. The zero-order chi connectivity index (χ0) is 17.6. The predicted molar refractivity (Wildman–Crippen MR) is 86.6 cm³/mol. The Bertz CT molecular complexity index is 793. The second-order valence-electron chi connectivity index (χ2n) is 6.79. The van der Waals surface area contributed by atoms with Gasteiger partial charge in [-0.3, -0.25) is 9.48 Å². The molecule has 25 heavy (non-hydrogen) atoms. The normalized spacial score (nSPS) is 18.3. The van der Waals surface area contributed by atoms with Gasteiger partial charge < -0.3 is 19.3 Å². The number of methoxy groups -OCH3 is 1. The fraction of sp³-hybridized carbons (Fsp3) is 0.588. The van der Waals surface area contributed by atoms with Crippen LogP contribution in [-0.2, 0) is 24.4 Å². The average Bonchev–Trinajstić information content (AvgIpc) is 3.28. The van der Waals surface area contributed by atoms with Crippen LogP contribution in [0, 0.1) is 12.8 Å². The topological polar surface area (TPSA) is 93.6 Å². The lowest BCUT2D eigenvalue weighted by molar-refractivity contribution is 0.0691. The number of hydrogen-bond acceptors (Lipinski definition) is 6. The summed E-state index contributed by atoms with van der Waals surface area (Å²) in [5.41, 5.74) is 2.65. The van der Waals surface area contributed by atoms with Crippen molar-refractivity contribution in [3.8, 4) is 0 Å². The molecule has 3 heterocycles. The van der Waals surface area contributed by atoms with Crippen LogP contribution in [0.25, 0.3) is 0 Å². The Balaban J connectivity index is 1.53. The molecule has 2 aromatic heterocycles. The van der Waals surface area contributed by atoms with Crippen molar-refractivity contribution in [2.75, 3.05) is 13.7 Å². The Morgan fingerprint density at radius 2 is 2.28 bits per heavy atom. The van der Waals surface area contributed by atoms with E-state index in [-0.39, 0.29) is 5.91 Å². The quantitative estimate of drug-likeness (QED) is 0.880. The summed E-state index contributed by atoms with van der Waals surface area (Å²) in [5, 5.41) is 18.7. The van der Waals surface area contributed by atoms with Crippen LogP contribution in [0.3, 0.4) is 0 Å². The lowest BCUT2D eigenvalue weighted by Gasteiger charge is -2.27. The van der Waals surface area contributed by atoms with E-state index in [9.17, 15) is 9.90 Å². The molecule has 1 amide bonds. The van der Waals surface area contributed by atoms with Crippen LogP contribution in [0.4, 0.5) is 0 Å². The van der Waals surface area contributed by atoms with Crippen LogP contribution in [0.1, 0.15) is 52.1 Å². The number of aliphatic hydroxyl groups is 1. The molecule has 2 aliphatic rings. The standard InChI is InChI=1S/C17H22N4O4/c1-10-13(9-24-2)15(19-25-10)17(23)20-5-6-21-12(8-20)7-14(18-21)16(22)11-3-4-11/h7,11,16,22H,3-6,8-9H2,1-2H3/t16-/m1/s1. The molecule has 0 radical (unpaired) electrons. The molecule has 4 rings (SSSR count). The van der Waals surface area contributed by atoms with Gasteiger partial charge in [0.25, 0.3) is 5.91 Å². The van der Waals surface area contributed by atoms with Gasteiger partial charge in [0.05, 0.1) is 36.6 Å². The van der Waals surface area contributed by atoms with Crippen LogP contribution < -0.4 is 0 Å². The SMILES string of the molecule is COCc1c(C(=O)N2CCn3nc([C@H](O)C4CC4)cc3C2)noc1C. The highest BCUT2D eigenvalue weighted by atomic mass is 16.5. The first-order valence-corrected chi connectivity index (χ1v) is 8.56. The minimum Gasteiger partial charge on any atom is -0.386 e. The predicted octanol–water partition coefficient (Wildman–Crippen LogP) is 1.43. The molecular weight excluding hydrogens is 324 g/mol. The molecule has 0 bridgehead atoms. The molecule has 8 heteroatoms. The first kappa shape index (κ1) is 16.3. The molecule has 8 nitrogen and oxygen atoms in total. The van der Waals surface area contributed by atoms with Gasteiger partial charge in [-0.1, -0.05) is 5.16 Å². The van der Waals surface area contributed by atoms with Crippen LogP contribution in [0.5, 0.6) is 0 Å². The monoisotopic (exact) mass is 346 g/mol. The lowest BCUT2D eigenvalue weighted by Crippen LogP contribution is -2.39. The molecule has 0 aromatic carbocycles. The van der Waals surface area contributed by atoms with E-state index in [0.29, 0.717) is 54.9 Å². The van der Waals surface area contributed by atoms with E-state index >= 15 is 0 Å². The Morgan fingerprint density at radius 3 is 3.00 bits per heavy atom. The lowest BCUT2D eigenvalue weighted by atomic mass is 10.1. The highest BCUT2D eigenvalue weighted by Gasteiger charge is 2.34. The number of nitrogens with zero attached hydrogens (tertiary/aromatic N) is 4. The van der Waals surface area contributed by atoms with E-state index in [1.165, 1.54) is 0 Å². The average molecular weight is 346 g/mol. The summed E-state index contributed by atoms with van der Waals surface area (Å²) in [6.45, 7) is 3.66. The maximum Gasteiger partial charge on any atom is 0.276 e. The molecule has 1 N–H and O–H groups in total. The summed E-state index contributed by atoms with van der Waals surface area (Å²) in [6.07, 6.45) is 1.62. The minimum absolute atomic E-state index is 0.166. The van der Waals surface area contributed by atoms with Crippen molar-refractivity contribution in [1.29, 1.82) is 0 Å². The second kappa shape index (κ2) is 6.27. The van der Waals surface area contributed by atoms with Gasteiger partial charge in [0.1, 0.15) is 11.9 Å². The van der Waals surface area contributed by atoms with Crippen molar-refractivity contribution in [3.05, 3.63) is 34.5 Å². The van der Waals surface area contributed by atoms with Gasteiger partial charge in [-0.2, -0.15) is 5.10 Å². The summed E-state index contributed by atoms with van der Waals surface area (Å²) >= 11 is 0. The molecule has 1 aliphatic carbocycles. The van der Waals surface area contributed by atoms with Crippen molar-refractivity contribution in [2.45, 2.75) is 45.6 Å². The number of hydrogen-bond donors (Lipinski definition) is 1. The highest BCUT2D eigenvalue weighted by Crippen LogP contribution is 2.40. The van der Waals surface area contributed by atoms with Gasteiger partial charge in [0.15, 0.2) is 5.69 Å². The van der Waals surface area contributed by atoms with E-state index in [0.717, 1.165) is 18.5 Å². The summed E-state index contributed by atoms with van der Waals surface area (Å²) < 4.78 is 12.2. The fourth-order valence-electron chi connectivity index (χ4n) is 3.28. The second-order valence-corrected chi connectivity index (χ2v) is 6.79. The highest BCUT2D eigenvalue weighted by molar-refractivity contribution is 5.93. The molecule has 0 spiro atoms. The minimum atomic E-state index is -0.492. The number of amides is 1. The molecule has 134 valence electrons. The number of ether oxygens (including phenoxy) is 1. The van der Waals surface area contributed by atoms with Gasteiger partial charge in [-0.25, -0.2) is 0 Å². The van der Waals surface area contributed by atoms with Gasteiger partial charge in [0.2, 0.25) is 0 Å². The molecule has 1 aliphatic heterocycles.